The van der Waals surface area contributed by atoms with Crippen molar-refractivity contribution in [2.75, 3.05) is 12.3 Å². The molecule has 4 atom stereocenters. The molecule has 9 nitrogen and oxygen atoms in total. The maximum Gasteiger partial charge on any atom is 0.164 e. The Morgan fingerprint density at radius 3 is 2.70 bits per heavy atom. The molecule has 3 heterocycles. The van der Waals surface area contributed by atoms with E-state index in [0.717, 1.165) is 0 Å². The summed E-state index contributed by atoms with van der Waals surface area (Å²) in [4.78, 5) is 12.4. The first-order valence-electron chi connectivity index (χ1n) is 7.09. The van der Waals surface area contributed by atoms with E-state index in [4.69, 9.17) is 10.5 Å². The number of nitrogens with zero attached hydrogens (tertiary/aromatic N) is 4. The standard InChI is InChI=1S/C14H15N5O4/c15-13-6-1-9-8(2-7(6)16-4-17-13)18-5-19(9)14-12(22)11(21)10(3-20)23-14/h1-2,4-5,10-12,14,20-22H,3H2,(H2,15,16,17)/t10-,11+,12-,14+/m0/s1. The third kappa shape index (κ3) is 2.05. The lowest BCUT2D eigenvalue weighted by Gasteiger charge is -2.17. The summed E-state index contributed by atoms with van der Waals surface area (Å²) in [6, 6.07) is 3.53. The fraction of sp³-hybridized carbons (Fsp3) is 0.357. The summed E-state index contributed by atoms with van der Waals surface area (Å²) in [5, 5.41) is 29.9. The van der Waals surface area contributed by atoms with Gasteiger partial charge in [0.25, 0.3) is 0 Å². The van der Waals surface area contributed by atoms with Crippen molar-refractivity contribution in [1.29, 1.82) is 0 Å². The number of imidazole rings is 1. The number of aromatic nitrogens is 4. The number of anilines is 1. The third-order valence-corrected chi connectivity index (χ3v) is 4.15. The molecule has 1 fully saturated rings. The van der Waals surface area contributed by atoms with Crippen molar-refractivity contribution in [3.05, 3.63) is 24.8 Å². The molecule has 9 heteroatoms. The molecule has 23 heavy (non-hydrogen) atoms. The van der Waals surface area contributed by atoms with E-state index in [-0.39, 0.29) is 6.61 Å². The number of ether oxygens (including phenoxy) is 1. The summed E-state index contributed by atoms with van der Waals surface area (Å²) in [5.74, 6) is 0.339. The molecule has 1 aliphatic rings. The minimum Gasteiger partial charge on any atom is -0.394 e. The average Bonchev–Trinajstić information content (AvgIpc) is 3.08. The Balaban J connectivity index is 1.86. The normalized spacial score (nSPS) is 28.0. The molecule has 0 amide bonds. The van der Waals surface area contributed by atoms with Gasteiger partial charge in [0.2, 0.25) is 0 Å². The van der Waals surface area contributed by atoms with Gasteiger partial charge in [-0.3, -0.25) is 0 Å². The van der Waals surface area contributed by atoms with Crippen LogP contribution >= 0.6 is 0 Å². The van der Waals surface area contributed by atoms with Gasteiger partial charge in [0.15, 0.2) is 6.23 Å². The van der Waals surface area contributed by atoms with Crippen molar-refractivity contribution in [1.82, 2.24) is 19.5 Å². The minimum absolute atomic E-state index is 0.339. The summed E-state index contributed by atoms with van der Waals surface area (Å²) in [6.45, 7) is -0.384. The van der Waals surface area contributed by atoms with E-state index < -0.39 is 24.5 Å². The molecule has 120 valence electrons. The highest BCUT2D eigenvalue weighted by molar-refractivity contribution is 5.97. The predicted octanol–water partition coefficient (Wildman–Crippen LogP) is -0.827. The van der Waals surface area contributed by atoms with Crippen LogP contribution in [0.4, 0.5) is 5.82 Å². The Labute approximate surface area is 130 Å². The van der Waals surface area contributed by atoms with E-state index in [1.807, 2.05) is 0 Å². The Bertz CT molecular complexity index is 882. The monoisotopic (exact) mass is 317 g/mol. The van der Waals surface area contributed by atoms with Crippen molar-refractivity contribution < 1.29 is 20.1 Å². The Morgan fingerprint density at radius 2 is 1.96 bits per heavy atom. The third-order valence-electron chi connectivity index (χ3n) is 4.15. The van der Waals surface area contributed by atoms with Crippen LogP contribution in [0.25, 0.3) is 21.9 Å². The minimum atomic E-state index is -1.18. The van der Waals surface area contributed by atoms with Crippen LogP contribution in [0.3, 0.4) is 0 Å². The fourth-order valence-electron chi connectivity index (χ4n) is 2.91. The van der Waals surface area contributed by atoms with Crippen molar-refractivity contribution in [2.24, 2.45) is 0 Å². The smallest absolute Gasteiger partial charge is 0.164 e. The van der Waals surface area contributed by atoms with Gasteiger partial charge in [0.05, 0.1) is 29.5 Å². The molecule has 0 radical (unpaired) electrons. The Hall–Kier alpha value is -2.33. The zero-order valence-corrected chi connectivity index (χ0v) is 11.9. The molecule has 4 rings (SSSR count). The van der Waals surface area contributed by atoms with Crippen molar-refractivity contribution in [2.45, 2.75) is 24.5 Å². The van der Waals surface area contributed by atoms with Crippen LogP contribution in [0.1, 0.15) is 6.23 Å². The number of benzene rings is 1. The van der Waals surface area contributed by atoms with Gasteiger partial charge in [-0.1, -0.05) is 0 Å². The number of hydrogen-bond acceptors (Lipinski definition) is 8. The van der Waals surface area contributed by atoms with Gasteiger partial charge in [0, 0.05) is 5.39 Å². The molecule has 1 aliphatic heterocycles. The highest BCUT2D eigenvalue weighted by Crippen LogP contribution is 2.33. The van der Waals surface area contributed by atoms with E-state index in [1.165, 1.54) is 12.7 Å². The van der Waals surface area contributed by atoms with Crippen LogP contribution in [0.2, 0.25) is 0 Å². The highest BCUT2D eigenvalue weighted by atomic mass is 16.6. The second-order valence-electron chi connectivity index (χ2n) is 5.50. The molecule has 0 bridgehead atoms. The van der Waals surface area contributed by atoms with Crippen LogP contribution in [0.5, 0.6) is 0 Å². The fourth-order valence-corrected chi connectivity index (χ4v) is 2.91. The van der Waals surface area contributed by atoms with E-state index in [9.17, 15) is 15.3 Å². The second kappa shape index (κ2) is 5.10. The van der Waals surface area contributed by atoms with Gasteiger partial charge in [-0.25, -0.2) is 15.0 Å². The molecule has 5 N–H and O–H groups in total. The molecule has 0 saturated carbocycles. The molecule has 0 aliphatic carbocycles. The quantitative estimate of drug-likeness (QED) is 0.480. The molecule has 1 aromatic carbocycles. The summed E-state index contributed by atoms with van der Waals surface area (Å²) < 4.78 is 7.14. The summed E-state index contributed by atoms with van der Waals surface area (Å²) >= 11 is 0. The number of hydrogen-bond donors (Lipinski definition) is 4. The molecule has 2 aromatic heterocycles. The molecular formula is C14H15N5O4. The first kappa shape index (κ1) is 14.3. The van der Waals surface area contributed by atoms with Crippen molar-refractivity contribution in [3.63, 3.8) is 0 Å². The van der Waals surface area contributed by atoms with E-state index in [0.29, 0.717) is 27.8 Å². The SMILES string of the molecule is Nc1ncnc2cc3ncn([C@@H]4O[C@@H](CO)[C@@H](O)[C@@H]4O)c3cc12. The van der Waals surface area contributed by atoms with Crippen molar-refractivity contribution in [3.8, 4) is 0 Å². The number of rotatable bonds is 2. The van der Waals surface area contributed by atoms with E-state index in [1.54, 1.807) is 16.7 Å². The number of nitrogens with two attached hydrogens (primary N) is 1. The van der Waals surface area contributed by atoms with Gasteiger partial charge >= 0.3 is 0 Å². The van der Waals surface area contributed by atoms with Gasteiger partial charge < -0.3 is 30.4 Å². The van der Waals surface area contributed by atoms with Crippen LogP contribution in [-0.2, 0) is 4.74 Å². The molecule has 0 spiro atoms. The maximum absolute atomic E-state index is 10.2. The van der Waals surface area contributed by atoms with Gasteiger partial charge in [0.1, 0.15) is 30.5 Å². The summed E-state index contributed by atoms with van der Waals surface area (Å²) in [6.07, 6.45) is -1.15. The topological polar surface area (TPSA) is 140 Å². The first-order chi connectivity index (χ1) is 11.1. The van der Waals surface area contributed by atoms with E-state index in [2.05, 4.69) is 15.0 Å². The van der Waals surface area contributed by atoms with Crippen LogP contribution in [-0.4, -0.2) is 59.8 Å². The van der Waals surface area contributed by atoms with Crippen LogP contribution < -0.4 is 5.73 Å². The lowest BCUT2D eigenvalue weighted by atomic mass is 10.1. The lowest BCUT2D eigenvalue weighted by Crippen LogP contribution is -2.33. The summed E-state index contributed by atoms with van der Waals surface area (Å²) in [5.41, 5.74) is 7.85. The number of fused-ring (bicyclic) bond motifs is 2. The van der Waals surface area contributed by atoms with Crippen LogP contribution in [0.15, 0.2) is 24.8 Å². The number of aliphatic hydroxyl groups is 3. The second-order valence-corrected chi connectivity index (χ2v) is 5.50. The number of aliphatic hydroxyl groups excluding tert-OH is 3. The lowest BCUT2D eigenvalue weighted by molar-refractivity contribution is -0.0508. The zero-order valence-electron chi connectivity index (χ0n) is 11.9. The maximum atomic E-state index is 10.2. The molecule has 3 aromatic rings. The van der Waals surface area contributed by atoms with Gasteiger partial charge in [-0.2, -0.15) is 0 Å². The van der Waals surface area contributed by atoms with Gasteiger partial charge in [-0.15, -0.1) is 0 Å². The van der Waals surface area contributed by atoms with Gasteiger partial charge in [-0.05, 0) is 12.1 Å². The highest BCUT2D eigenvalue weighted by Gasteiger charge is 2.43. The zero-order chi connectivity index (χ0) is 16.1. The van der Waals surface area contributed by atoms with Crippen LogP contribution in [0, 0.1) is 0 Å². The van der Waals surface area contributed by atoms with Crippen molar-refractivity contribution >= 4 is 27.8 Å². The number of nitrogen functional groups attached to an aromatic ring is 1. The molecule has 0 unspecified atom stereocenters. The van der Waals surface area contributed by atoms with E-state index >= 15 is 0 Å². The first-order valence-corrected chi connectivity index (χ1v) is 7.09. The average molecular weight is 317 g/mol. The molecular weight excluding hydrogens is 302 g/mol. The summed E-state index contributed by atoms with van der Waals surface area (Å²) in [7, 11) is 0. The Kier molecular flexibility index (Phi) is 3.16. The molecule has 1 saturated heterocycles. The predicted molar refractivity (Wildman–Crippen MR) is 80.3 cm³/mol. The Morgan fingerprint density at radius 1 is 1.13 bits per heavy atom. The largest absolute Gasteiger partial charge is 0.394 e.